The lowest BCUT2D eigenvalue weighted by atomic mass is 9.82. The van der Waals surface area contributed by atoms with Gasteiger partial charge in [0, 0.05) is 39.1 Å². The summed E-state index contributed by atoms with van der Waals surface area (Å²) in [5.41, 5.74) is 18.1. The first-order chi connectivity index (χ1) is 31.0. The number of aromatic nitrogens is 1. The molecule has 0 atom stereocenters. The highest BCUT2D eigenvalue weighted by Gasteiger charge is 2.36. The molecule has 0 spiro atoms. The van der Waals surface area contributed by atoms with Gasteiger partial charge in [-0.2, -0.15) is 0 Å². The van der Waals surface area contributed by atoms with Gasteiger partial charge in [0.1, 0.15) is 0 Å². The number of hydrogen-bond donors (Lipinski definition) is 0. The van der Waals surface area contributed by atoms with E-state index in [1.54, 1.807) is 0 Å². The van der Waals surface area contributed by atoms with Crippen molar-refractivity contribution in [3.8, 4) is 50.3 Å². The molecule has 0 bridgehead atoms. The number of benzene rings is 10. The Kier molecular flexibility index (Phi) is 8.55. The number of para-hydroxylation sites is 1. The first-order valence-corrected chi connectivity index (χ1v) is 21.9. The van der Waals surface area contributed by atoms with Crippen LogP contribution < -0.4 is 4.90 Å². The molecule has 0 radical (unpaired) electrons. The monoisotopic (exact) mass is 804 g/mol. The van der Waals surface area contributed by atoms with Crippen LogP contribution >= 0.6 is 0 Å². The quantitative estimate of drug-likeness (QED) is 0.156. The topological polar surface area (TPSA) is 8.17 Å². The van der Waals surface area contributed by atoms with Gasteiger partial charge in [-0.25, -0.2) is 0 Å². The molecule has 0 saturated heterocycles. The molecule has 0 unspecified atom stereocenters. The second kappa shape index (κ2) is 14.6. The van der Waals surface area contributed by atoms with Gasteiger partial charge in [-0.3, -0.25) is 0 Å². The van der Waals surface area contributed by atoms with E-state index in [9.17, 15) is 0 Å². The minimum Gasteiger partial charge on any atom is -0.310 e. The van der Waals surface area contributed by atoms with Crippen molar-refractivity contribution >= 4 is 49.5 Å². The van der Waals surface area contributed by atoms with Crippen molar-refractivity contribution < 1.29 is 0 Å². The Bertz CT molecular complexity index is 3500. The first-order valence-electron chi connectivity index (χ1n) is 21.9. The van der Waals surface area contributed by atoms with E-state index in [-0.39, 0.29) is 5.41 Å². The molecule has 1 aliphatic carbocycles. The van der Waals surface area contributed by atoms with Gasteiger partial charge >= 0.3 is 0 Å². The molecule has 1 aliphatic rings. The molecule has 63 heavy (non-hydrogen) atoms. The molecule has 0 amide bonds. The second-order valence-electron chi connectivity index (χ2n) is 17.3. The van der Waals surface area contributed by atoms with Gasteiger partial charge in [0.25, 0.3) is 0 Å². The highest BCUT2D eigenvalue weighted by molar-refractivity contribution is 6.18. The molecule has 0 N–H and O–H groups in total. The lowest BCUT2D eigenvalue weighted by Crippen LogP contribution is -2.16. The first kappa shape index (κ1) is 36.9. The van der Waals surface area contributed by atoms with E-state index >= 15 is 0 Å². The van der Waals surface area contributed by atoms with Gasteiger partial charge < -0.3 is 9.47 Å². The molecule has 1 heterocycles. The Hall–Kier alpha value is -7.94. The molecule has 0 fully saturated rings. The smallest absolute Gasteiger partial charge is 0.0619 e. The van der Waals surface area contributed by atoms with E-state index in [4.69, 9.17) is 0 Å². The predicted molar refractivity (Wildman–Crippen MR) is 267 cm³/mol. The van der Waals surface area contributed by atoms with Crippen LogP contribution in [0.4, 0.5) is 17.1 Å². The fraction of sp³-hybridized carbons (Fsp3) is 0.0492. The third-order valence-corrected chi connectivity index (χ3v) is 13.4. The van der Waals surface area contributed by atoms with Gasteiger partial charge in [0.2, 0.25) is 0 Å². The third-order valence-electron chi connectivity index (χ3n) is 13.4. The van der Waals surface area contributed by atoms with Crippen molar-refractivity contribution in [2.24, 2.45) is 0 Å². The lowest BCUT2D eigenvalue weighted by Gasteiger charge is -2.28. The van der Waals surface area contributed by atoms with E-state index in [0.717, 1.165) is 22.7 Å². The van der Waals surface area contributed by atoms with Crippen LogP contribution in [0.5, 0.6) is 0 Å². The van der Waals surface area contributed by atoms with Crippen LogP contribution in [0.1, 0.15) is 25.0 Å². The Morgan fingerprint density at radius 2 is 0.937 bits per heavy atom. The number of anilines is 3. The maximum Gasteiger partial charge on any atom is 0.0619 e. The summed E-state index contributed by atoms with van der Waals surface area (Å²) in [4.78, 5) is 2.43. The van der Waals surface area contributed by atoms with Crippen LogP contribution in [-0.2, 0) is 5.41 Å². The molecule has 11 aromatic rings. The summed E-state index contributed by atoms with van der Waals surface area (Å²) in [6.45, 7) is 4.72. The van der Waals surface area contributed by atoms with E-state index in [1.165, 1.54) is 88.2 Å². The summed E-state index contributed by atoms with van der Waals surface area (Å²) < 4.78 is 2.45. The van der Waals surface area contributed by atoms with Gasteiger partial charge in [-0.05, 0) is 121 Å². The van der Waals surface area contributed by atoms with E-state index in [0.29, 0.717) is 0 Å². The van der Waals surface area contributed by atoms with Gasteiger partial charge in [0.05, 0.1) is 11.2 Å². The Balaban J connectivity index is 1.05. The van der Waals surface area contributed by atoms with Crippen molar-refractivity contribution in [1.82, 2.24) is 4.57 Å². The molecule has 2 nitrogen and oxygen atoms in total. The Morgan fingerprint density at radius 1 is 0.381 bits per heavy atom. The average molecular weight is 805 g/mol. The summed E-state index contributed by atoms with van der Waals surface area (Å²) in [5.74, 6) is 0. The minimum atomic E-state index is -0.126. The van der Waals surface area contributed by atoms with Crippen LogP contribution in [0.2, 0.25) is 0 Å². The standard InChI is InChI=1S/C61H44N2/c1-61(2)55-27-14-13-25-53(55)54-38-37-49(40-56(54)61)62(47-33-28-43(29-34-47)51-26-15-20-41-16-9-11-23-50(41)51)48-35-30-44(31-36-48)58-59-52-24-12-10-17-42(52)32-39-57(59)63(46-21-7-4-8-22-46)60(58)45-18-5-3-6-19-45/h3-40H,1-2H3. The minimum absolute atomic E-state index is 0.126. The summed E-state index contributed by atoms with van der Waals surface area (Å²) in [7, 11) is 0. The molecule has 0 saturated carbocycles. The summed E-state index contributed by atoms with van der Waals surface area (Å²) in [6, 6.07) is 84.6. The van der Waals surface area contributed by atoms with Crippen molar-refractivity contribution in [1.29, 1.82) is 0 Å². The van der Waals surface area contributed by atoms with Crippen molar-refractivity contribution in [2.75, 3.05) is 4.90 Å². The molecule has 12 rings (SSSR count). The van der Waals surface area contributed by atoms with Crippen LogP contribution in [0.25, 0.3) is 82.8 Å². The predicted octanol–water partition coefficient (Wildman–Crippen LogP) is 16.7. The summed E-state index contributed by atoms with van der Waals surface area (Å²) in [5, 5.41) is 6.24. The summed E-state index contributed by atoms with van der Waals surface area (Å²) >= 11 is 0. The molecule has 298 valence electrons. The lowest BCUT2D eigenvalue weighted by molar-refractivity contribution is 0.660. The largest absolute Gasteiger partial charge is 0.310 e. The van der Waals surface area contributed by atoms with Crippen LogP contribution in [0.3, 0.4) is 0 Å². The normalized spacial score (nSPS) is 12.7. The fourth-order valence-electron chi connectivity index (χ4n) is 10.4. The highest BCUT2D eigenvalue weighted by atomic mass is 15.1. The zero-order valence-corrected chi connectivity index (χ0v) is 35.3. The highest BCUT2D eigenvalue weighted by Crippen LogP contribution is 2.51. The van der Waals surface area contributed by atoms with Crippen molar-refractivity contribution in [2.45, 2.75) is 19.3 Å². The fourth-order valence-corrected chi connectivity index (χ4v) is 10.4. The van der Waals surface area contributed by atoms with Crippen LogP contribution in [-0.4, -0.2) is 4.57 Å². The molecule has 0 aliphatic heterocycles. The Morgan fingerprint density at radius 3 is 1.68 bits per heavy atom. The average Bonchev–Trinajstić information content (AvgIpc) is 3.81. The number of rotatable bonds is 7. The van der Waals surface area contributed by atoms with Gasteiger partial charge in [-0.15, -0.1) is 0 Å². The Labute approximate surface area is 368 Å². The van der Waals surface area contributed by atoms with Crippen LogP contribution in [0.15, 0.2) is 231 Å². The molecular formula is C61H44N2. The maximum atomic E-state index is 2.45. The molecule has 2 heteroatoms. The van der Waals surface area contributed by atoms with Crippen molar-refractivity contribution in [3.63, 3.8) is 0 Å². The number of nitrogens with zero attached hydrogens (tertiary/aromatic N) is 2. The molecule has 1 aromatic heterocycles. The van der Waals surface area contributed by atoms with E-state index in [2.05, 4.69) is 254 Å². The van der Waals surface area contributed by atoms with E-state index in [1.807, 2.05) is 0 Å². The maximum absolute atomic E-state index is 2.45. The molecular weight excluding hydrogens is 761 g/mol. The zero-order valence-electron chi connectivity index (χ0n) is 35.3. The second-order valence-corrected chi connectivity index (χ2v) is 17.3. The number of hydrogen-bond acceptors (Lipinski definition) is 1. The molecule has 10 aromatic carbocycles. The van der Waals surface area contributed by atoms with E-state index < -0.39 is 0 Å². The van der Waals surface area contributed by atoms with Crippen LogP contribution in [0, 0.1) is 0 Å². The number of fused-ring (bicyclic) bond motifs is 7. The van der Waals surface area contributed by atoms with Gasteiger partial charge in [0.15, 0.2) is 0 Å². The zero-order chi connectivity index (χ0) is 42.1. The summed E-state index contributed by atoms with van der Waals surface area (Å²) in [6.07, 6.45) is 0. The van der Waals surface area contributed by atoms with Crippen molar-refractivity contribution in [3.05, 3.63) is 242 Å². The third kappa shape index (κ3) is 5.94. The SMILES string of the molecule is CC1(C)c2ccccc2-c2ccc(N(c3ccc(-c4cccc5ccccc45)cc3)c3ccc(-c4c(-c5ccccc5)n(-c5ccccc5)c5ccc6ccccc6c45)cc3)cc21. The van der Waals surface area contributed by atoms with Gasteiger partial charge in [-0.1, -0.05) is 190 Å².